The molecule has 0 aliphatic rings. The van der Waals surface area contributed by atoms with Crippen LogP contribution in [-0.2, 0) is 0 Å². The summed E-state index contributed by atoms with van der Waals surface area (Å²) in [6, 6.07) is 19.0. The minimum absolute atomic E-state index is 0.832. The van der Waals surface area contributed by atoms with E-state index in [2.05, 4.69) is 60.0 Å². The molecule has 0 fully saturated rings. The van der Waals surface area contributed by atoms with E-state index in [0.29, 0.717) is 0 Å². The highest BCUT2D eigenvalue weighted by Gasteiger charge is 2.12. The molecule has 0 unspecified atom stereocenters. The van der Waals surface area contributed by atoms with Gasteiger partial charge in [-0.1, -0.05) is 49.7 Å². The van der Waals surface area contributed by atoms with E-state index in [-0.39, 0.29) is 0 Å². The van der Waals surface area contributed by atoms with Crippen molar-refractivity contribution in [3.63, 3.8) is 0 Å². The SMILES string of the molecule is CCNCCCCCNc1c2ccc(OC)cc2nc2c1ccc1ccccc12. The van der Waals surface area contributed by atoms with Gasteiger partial charge in [-0.25, -0.2) is 4.98 Å². The smallest absolute Gasteiger partial charge is 0.121 e. The number of hydrogen-bond acceptors (Lipinski definition) is 4. The maximum Gasteiger partial charge on any atom is 0.121 e. The molecule has 29 heavy (non-hydrogen) atoms. The van der Waals surface area contributed by atoms with Crippen molar-refractivity contribution in [3.8, 4) is 5.75 Å². The van der Waals surface area contributed by atoms with Crippen molar-refractivity contribution in [2.75, 3.05) is 32.1 Å². The molecule has 3 aromatic carbocycles. The van der Waals surface area contributed by atoms with Crippen LogP contribution in [0.4, 0.5) is 5.69 Å². The summed E-state index contributed by atoms with van der Waals surface area (Å²) in [5.41, 5.74) is 3.17. The highest BCUT2D eigenvalue weighted by molar-refractivity contribution is 6.15. The first-order valence-corrected chi connectivity index (χ1v) is 10.6. The van der Waals surface area contributed by atoms with Gasteiger partial charge in [0.15, 0.2) is 0 Å². The summed E-state index contributed by atoms with van der Waals surface area (Å²) in [7, 11) is 1.70. The Labute approximate surface area is 172 Å². The Kier molecular flexibility index (Phi) is 6.11. The zero-order valence-electron chi connectivity index (χ0n) is 17.3. The van der Waals surface area contributed by atoms with Gasteiger partial charge >= 0.3 is 0 Å². The number of pyridine rings is 1. The fourth-order valence-corrected chi connectivity index (χ4v) is 3.92. The summed E-state index contributed by atoms with van der Waals surface area (Å²) in [4.78, 5) is 5.02. The van der Waals surface area contributed by atoms with Gasteiger partial charge < -0.3 is 15.4 Å². The molecule has 0 bridgehead atoms. The van der Waals surface area contributed by atoms with E-state index >= 15 is 0 Å². The van der Waals surface area contributed by atoms with Gasteiger partial charge in [0, 0.05) is 28.8 Å². The van der Waals surface area contributed by atoms with Crippen LogP contribution < -0.4 is 15.4 Å². The van der Waals surface area contributed by atoms with Crippen molar-refractivity contribution in [1.82, 2.24) is 10.3 Å². The van der Waals surface area contributed by atoms with Gasteiger partial charge in [0.25, 0.3) is 0 Å². The van der Waals surface area contributed by atoms with Gasteiger partial charge in [0.05, 0.1) is 23.8 Å². The Morgan fingerprint density at radius 2 is 1.69 bits per heavy atom. The predicted octanol–water partition coefficient (Wildman–Crippen LogP) is 5.74. The number of nitrogens with zero attached hydrogens (tertiary/aromatic N) is 1. The number of ether oxygens (including phenoxy) is 1. The molecular formula is C25H29N3O. The molecule has 1 aromatic heterocycles. The van der Waals surface area contributed by atoms with Crippen molar-refractivity contribution in [2.45, 2.75) is 26.2 Å². The van der Waals surface area contributed by atoms with E-state index in [4.69, 9.17) is 9.72 Å². The van der Waals surface area contributed by atoms with Gasteiger partial charge in [0.1, 0.15) is 5.75 Å². The molecule has 0 saturated carbocycles. The number of aromatic nitrogens is 1. The van der Waals surface area contributed by atoms with E-state index < -0.39 is 0 Å². The average Bonchev–Trinajstić information content (AvgIpc) is 2.77. The zero-order chi connectivity index (χ0) is 20.1. The first-order valence-electron chi connectivity index (χ1n) is 10.6. The summed E-state index contributed by atoms with van der Waals surface area (Å²) in [5, 5.41) is 11.8. The van der Waals surface area contributed by atoms with Gasteiger partial charge in [-0.2, -0.15) is 0 Å². The molecule has 4 nitrogen and oxygen atoms in total. The van der Waals surface area contributed by atoms with E-state index in [1.165, 1.54) is 34.7 Å². The lowest BCUT2D eigenvalue weighted by Gasteiger charge is -2.15. The number of benzene rings is 3. The quantitative estimate of drug-likeness (QED) is 0.218. The molecule has 0 atom stereocenters. The zero-order valence-corrected chi connectivity index (χ0v) is 17.3. The van der Waals surface area contributed by atoms with Crippen LogP contribution in [0.1, 0.15) is 26.2 Å². The lowest BCUT2D eigenvalue weighted by atomic mass is 10.0. The molecule has 2 N–H and O–H groups in total. The summed E-state index contributed by atoms with van der Waals surface area (Å²) in [5.74, 6) is 0.832. The molecule has 0 spiro atoms. The Morgan fingerprint density at radius 1 is 0.862 bits per heavy atom. The maximum absolute atomic E-state index is 5.44. The van der Waals surface area contributed by atoms with Crippen LogP contribution in [-0.4, -0.2) is 31.7 Å². The van der Waals surface area contributed by atoms with Crippen LogP contribution in [0.15, 0.2) is 54.6 Å². The van der Waals surface area contributed by atoms with Crippen molar-refractivity contribution in [3.05, 3.63) is 54.6 Å². The third-order valence-electron chi connectivity index (χ3n) is 5.46. The molecule has 0 aliphatic carbocycles. The van der Waals surface area contributed by atoms with Crippen LogP contribution >= 0.6 is 0 Å². The molecule has 4 heteroatoms. The summed E-state index contributed by atoms with van der Waals surface area (Å²) in [6.07, 6.45) is 3.59. The largest absolute Gasteiger partial charge is 0.497 e. The van der Waals surface area contributed by atoms with Gasteiger partial charge in [0.2, 0.25) is 0 Å². The Bertz CT molecular complexity index is 1120. The van der Waals surface area contributed by atoms with E-state index in [1.54, 1.807) is 7.11 Å². The monoisotopic (exact) mass is 387 g/mol. The van der Waals surface area contributed by atoms with Crippen LogP contribution in [0, 0.1) is 0 Å². The highest BCUT2D eigenvalue weighted by Crippen LogP contribution is 2.35. The number of fused-ring (bicyclic) bond motifs is 4. The summed E-state index contributed by atoms with van der Waals surface area (Å²) < 4.78 is 5.44. The molecule has 0 aliphatic heterocycles. The predicted molar refractivity (Wildman–Crippen MR) is 124 cm³/mol. The van der Waals surface area contributed by atoms with Crippen LogP contribution in [0.25, 0.3) is 32.6 Å². The first-order chi connectivity index (χ1) is 14.3. The standard InChI is InChI=1S/C25H29N3O/c1-3-26-15-7-4-8-16-27-24-21-14-12-19(29-2)17-23(21)28-25-20-10-6-5-9-18(20)11-13-22(24)25/h5-6,9-14,17,26H,3-4,7-8,15-16H2,1-2H3,(H,27,28). The number of unbranched alkanes of at least 4 members (excludes halogenated alkanes) is 2. The Morgan fingerprint density at radius 3 is 2.55 bits per heavy atom. The number of rotatable bonds is 9. The molecule has 4 aromatic rings. The highest BCUT2D eigenvalue weighted by atomic mass is 16.5. The van der Waals surface area contributed by atoms with Crippen LogP contribution in [0.3, 0.4) is 0 Å². The third kappa shape index (κ3) is 4.13. The number of hydrogen-bond donors (Lipinski definition) is 2. The Hall–Kier alpha value is -2.85. The minimum Gasteiger partial charge on any atom is -0.497 e. The molecule has 1 heterocycles. The topological polar surface area (TPSA) is 46.2 Å². The normalized spacial score (nSPS) is 11.4. The molecule has 0 radical (unpaired) electrons. The van der Waals surface area contributed by atoms with Crippen LogP contribution in [0.5, 0.6) is 5.75 Å². The Balaban J connectivity index is 1.72. The summed E-state index contributed by atoms with van der Waals surface area (Å²) in [6.45, 7) is 5.26. The second-order valence-corrected chi connectivity index (χ2v) is 7.39. The van der Waals surface area contributed by atoms with Crippen molar-refractivity contribution >= 4 is 38.3 Å². The third-order valence-corrected chi connectivity index (χ3v) is 5.46. The van der Waals surface area contributed by atoms with Crippen molar-refractivity contribution in [2.24, 2.45) is 0 Å². The van der Waals surface area contributed by atoms with Crippen molar-refractivity contribution < 1.29 is 4.74 Å². The molecule has 0 saturated heterocycles. The van der Waals surface area contributed by atoms with E-state index in [9.17, 15) is 0 Å². The molecule has 150 valence electrons. The first kappa shape index (κ1) is 19.5. The minimum atomic E-state index is 0.832. The second-order valence-electron chi connectivity index (χ2n) is 7.39. The van der Waals surface area contributed by atoms with Gasteiger partial charge in [-0.3, -0.25) is 0 Å². The van der Waals surface area contributed by atoms with E-state index in [1.807, 2.05) is 12.1 Å². The number of methoxy groups -OCH3 is 1. The number of nitrogens with one attached hydrogen (secondary N) is 2. The number of anilines is 1. The lowest BCUT2D eigenvalue weighted by molar-refractivity contribution is 0.415. The van der Waals surface area contributed by atoms with Crippen LogP contribution in [0.2, 0.25) is 0 Å². The maximum atomic E-state index is 5.44. The molecule has 4 rings (SSSR count). The fourth-order valence-electron chi connectivity index (χ4n) is 3.92. The van der Waals surface area contributed by atoms with Crippen molar-refractivity contribution in [1.29, 1.82) is 0 Å². The van der Waals surface area contributed by atoms with E-state index in [0.717, 1.165) is 48.2 Å². The average molecular weight is 388 g/mol. The fraction of sp³-hybridized carbons (Fsp3) is 0.320. The van der Waals surface area contributed by atoms with Gasteiger partial charge in [-0.15, -0.1) is 0 Å². The lowest BCUT2D eigenvalue weighted by Crippen LogP contribution is -2.14. The molecule has 0 amide bonds. The molecular weight excluding hydrogens is 358 g/mol. The summed E-state index contributed by atoms with van der Waals surface area (Å²) >= 11 is 0. The second kappa shape index (κ2) is 9.10. The van der Waals surface area contributed by atoms with Gasteiger partial charge in [-0.05, 0) is 43.5 Å².